The lowest BCUT2D eigenvalue weighted by molar-refractivity contribution is -0.166. The predicted molar refractivity (Wildman–Crippen MR) is 170 cm³/mol. The predicted octanol–water partition coefficient (Wildman–Crippen LogP) is 5.71. The summed E-state index contributed by atoms with van der Waals surface area (Å²) in [5.74, 6) is -0.00346. The Labute approximate surface area is 283 Å². The Hall–Kier alpha value is -3.18. The molecule has 0 aliphatic heterocycles. The number of ether oxygens (including phenoxy) is 6. The Kier molecular flexibility index (Phi) is 12.6. The molecule has 4 saturated carbocycles. The summed E-state index contributed by atoms with van der Waals surface area (Å²) in [5, 5.41) is 0. The van der Waals surface area contributed by atoms with Crippen LogP contribution in [0, 0.1) is 46.3 Å². The summed E-state index contributed by atoms with van der Waals surface area (Å²) in [4.78, 5) is 71.7. The summed E-state index contributed by atoms with van der Waals surface area (Å²) in [6.07, 6.45) is 6.92. The normalized spacial score (nSPS) is 32.8. The molecule has 0 bridgehead atoms. The van der Waals surface area contributed by atoms with Crippen LogP contribution in [0.5, 0.6) is 0 Å². The van der Waals surface area contributed by atoms with E-state index in [0.717, 1.165) is 44.9 Å². The Morgan fingerprint density at radius 1 is 0.708 bits per heavy atom. The Bertz CT molecular complexity index is 1200. The lowest BCUT2D eigenvalue weighted by Gasteiger charge is -2.61. The van der Waals surface area contributed by atoms with Gasteiger partial charge in [-0.05, 0) is 105 Å². The van der Waals surface area contributed by atoms with E-state index in [1.165, 1.54) is 26.7 Å². The molecule has 270 valence electrons. The van der Waals surface area contributed by atoms with Gasteiger partial charge in [-0.2, -0.15) is 0 Å². The van der Waals surface area contributed by atoms with Gasteiger partial charge in [-0.25, -0.2) is 4.79 Å². The highest BCUT2D eigenvalue weighted by molar-refractivity contribution is 5.79. The molecule has 0 aromatic rings. The molecule has 0 radical (unpaired) electrons. The van der Waals surface area contributed by atoms with E-state index in [4.69, 9.17) is 28.4 Å². The highest BCUT2D eigenvalue weighted by Crippen LogP contribution is 2.67. The quantitative estimate of drug-likeness (QED) is 0.133. The van der Waals surface area contributed by atoms with Crippen LogP contribution < -0.4 is 0 Å². The summed E-state index contributed by atoms with van der Waals surface area (Å²) in [6.45, 7) is 9.48. The third-order valence-electron chi connectivity index (χ3n) is 12.0. The zero-order valence-corrected chi connectivity index (χ0v) is 29.4. The van der Waals surface area contributed by atoms with Gasteiger partial charge >= 0.3 is 30.0 Å². The zero-order chi connectivity index (χ0) is 35.2. The number of hydrogen-bond donors (Lipinski definition) is 0. The number of carbonyl (C=O) groups is 6. The first-order valence-electron chi connectivity index (χ1n) is 17.6. The summed E-state index contributed by atoms with van der Waals surface area (Å²) in [7, 11) is 0. The molecule has 12 nitrogen and oxygen atoms in total. The second-order valence-electron chi connectivity index (χ2n) is 15.2. The second kappa shape index (κ2) is 16.0. The first kappa shape index (κ1) is 37.6. The molecule has 0 spiro atoms. The van der Waals surface area contributed by atoms with E-state index in [1.54, 1.807) is 13.8 Å². The number of ketones is 1. The summed E-state index contributed by atoms with van der Waals surface area (Å²) in [6, 6.07) is 0. The van der Waals surface area contributed by atoms with Crippen molar-refractivity contribution in [3.63, 3.8) is 0 Å². The maximum Gasteiger partial charge on any atom is 0.511 e. The molecule has 0 N–H and O–H groups in total. The van der Waals surface area contributed by atoms with E-state index in [9.17, 15) is 28.8 Å². The van der Waals surface area contributed by atoms with Crippen LogP contribution in [0.15, 0.2) is 0 Å². The van der Waals surface area contributed by atoms with Crippen LogP contribution in [0.3, 0.4) is 0 Å². The fourth-order valence-electron chi connectivity index (χ4n) is 9.78. The average molecular weight is 679 g/mol. The molecule has 4 aliphatic carbocycles. The highest BCUT2D eigenvalue weighted by Gasteiger charge is 2.61. The monoisotopic (exact) mass is 678 g/mol. The van der Waals surface area contributed by atoms with Crippen molar-refractivity contribution in [2.24, 2.45) is 46.3 Å². The highest BCUT2D eigenvalue weighted by atomic mass is 16.8. The number of esters is 4. The van der Waals surface area contributed by atoms with Crippen molar-refractivity contribution in [2.75, 3.05) is 20.0 Å². The maximum absolute atomic E-state index is 12.5. The van der Waals surface area contributed by atoms with Gasteiger partial charge in [0, 0.05) is 32.6 Å². The van der Waals surface area contributed by atoms with E-state index in [-0.39, 0.29) is 48.9 Å². The smallest absolute Gasteiger partial charge is 0.462 e. The minimum Gasteiger partial charge on any atom is -0.462 e. The van der Waals surface area contributed by atoms with Crippen molar-refractivity contribution in [1.82, 2.24) is 0 Å². The fraction of sp³-hybridized carbons (Fsp3) is 0.833. The van der Waals surface area contributed by atoms with E-state index in [0.29, 0.717) is 29.5 Å². The van der Waals surface area contributed by atoms with Crippen LogP contribution in [0.1, 0.15) is 112 Å². The van der Waals surface area contributed by atoms with Gasteiger partial charge in [-0.15, -0.1) is 0 Å². The molecule has 12 heteroatoms. The Balaban J connectivity index is 1.15. The van der Waals surface area contributed by atoms with E-state index in [1.807, 2.05) is 0 Å². The van der Waals surface area contributed by atoms with E-state index >= 15 is 0 Å². The largest absolute Gasteiger partial charge is 0.511 e. The molecular formula is C36H54O12. The number of carbonyl (C=O) groups excluding carboxylic acids is 6. The molecule has 4 rings (SSSR count). The SMILES string of the molecule is CC(=O)OCC(COC(C)=O)OC(=O)CC(C)CC(=O)OCOC(=O)O[C@@H]1CC[C@@]2(C)[C@@H](CC[C@@H]3[C@@H]2CC[C@]2(C)[C@@H](C(C)=O)CC[C@@H]32)C1. The lowest BCUT2D eigenvalue weighted by Crippen LogP contribution is -2.54. The number of hydrogen-bond acceptors (Lipinski definition) is 12. The first-order chi connectivity index (χ1) is 22.6. The third kappa shape index (κ3) is 9.08. The van der Waals surface area contributed by atoms with Gasteiger partial charge < -0.3 is 28.4 Å². The van der Waals surface area contributed by atoms with Gasteiger partial charge in [0.1, 0.15) is 25.1 Å². The molecule has 9 atom stereocenters. The molecule has 4 fully saturated rings. The minimum atomic E-state index is -0.978. The second-order valence-corrected chi connectivity index (χ2v) is 15.2. The van der Waals surface area contributed by atoms with Gasteiger partial charge in [0.15, 0.2) is 6.10 Å². The summed E-state index contributed by atoms with van der Waals surface area (Å²) in [5.41, 5.74) is 0.338. The van der Waals surface area contributed by atoms with Gasteiger partial charge in [0.2, 0.25) is 6.79 Å². The number of rotatable bonds is 13. The molecule has 4 aliphatic rings. The van der Waals surface area contributed by atoms with Gasteiger partial charge in [0.25, 0.3) is 0 Å². The zero-order valence-electron chi connectivity index (χ0n) is 29.4. The van der Waals surface area contributed by atoms with Gasteiger partial charge in [-0.1, -0.05) is 20.8 Å². The van der Waals surface area contributed by atoms with Crippen molar-refractivity contribution in [3.8, 4) is 0 Å². The molecule has 0 saturated heterocycles. The molecule has 0 aromatic carbocycles. The van der Waals surface area contributed by atoms with Crippen LogP contribution >= 0.6 is 0 Å². The lowest BCUT2D eigenvalue weighted by atomic mass is 9.44. The first-order valence-corrected chi connectivity index (χ1v) is 17.6. The molecule has 48 heavy (non-hydrogen) atoms. The Morgan fingerprint density at radius 3 is 1.98 bits per heavy atom. The molecule has 0 heterocycles. The van der Waals surface area contributed by atoms with Gasteiger partial charge in [-0.3, -0.25) is 24.0 Å². The van der Waals surface area contributed by atoms with Crippen LogP contribution in [0.25, 0.3) is 0 Å². The molecule has 0 amide bonds. The Morgan fingerprint density at radius 2 is 1.33 bits per heavy atom. The molecule has 1 unspecified atom stereocenters. The summed E-state index contributed by atoms with van der Waals surface area (Å²) < 4.78 is 30.7. The van der Waals surface area contributed by atoms with Crippen LogP contribution in [-0.4, -0.2) is 68.0 Å². The van der Waals surface area contributed by atoms with Crippen LogP contribution in [0.4, 0.5) is 4.79 Å². The fourth-order valence-corrected chi connectivity index (χ4v) is 9.78. The third-order valence-corrected chi connectivity index (χ3v) is 12.0. The number of Topliss-reactive ketones (excluding diaryl/α,β-unsaturated/α-hetero) is 1. The number of fused-ring (bicyclic) bond motifs is 5. The van der Waals surface area contributed by atoms with Crippen molar-refractivity contribution < 1.29 is 57.2 Å². The van der Waals surface area contributed by atoms with Crippen LogP contribution in [-0.2, 0) is 52.4 Å². The van der Waals surface area contributed by atoms with Crippen molar-refractivity contribution in [2.45, 2.75) is 124 Å². The van der Waals surface area contributed by atoms with E-state index < -0.39 is 48.8 Å². The summed E-state index contributed by atoms with van der Waals surface area (Å²) >= 11 is 0. The van der Waals surface area contributed by atoms with Crippen molar-refractivity contribution in [1.29, 1.82) is 0 Å². The van der Waals surface area contributed by atoms with E-state index in [2.05, 4.69) is 13.8 Å². The van der Waals surface area contributed by atoms with Gasteiger partial charge in [0.05, 0.1) is 0 Å². The minimum absolute atomic E-state index is 0.132. The topological polar surface area (TPSA) is 158 Å². The van der Waals surface area contributed by atoms with Crippen molar-refractivity contribution >= 4 is 35.8 Å². The average Bonchev–Trinajstić information content (AvgIpc) is 3.36. The van der Waals surface area contributed by atoms with Crippen LogP contribution in [0.2, 0.25) is 0 Å². The van der Waals surface area contributed by atoms with Crippen molar-refractivity contribution in [3.05, 3.63) is 0 Å². The molecular weight excluding hydrogens is 624 g/mol. The standard InChI is InChI=1S/C36H54O12/c1-21(16-33(41)47-27(18-43-23(3)38)19-44-24(4)39)15-32(40)45-20-46-34(42)48-26-11-13-35(5)25(17-26)7-8-28-30-10-9-29(22(2)37)36(30,6)14-12-31(28)35/h21,25-31H,7-20H2,1-6H3/t21?,25-,26+,28-,29+,30-,31-,35-,36+/m0/s1. The molecule has 0 aromatic heterocycles. The maximum atomic E-state index is 12.5.